The predicted octanol–water partition coefficient (Wildman–Crippen LogP) is 1.09. The number of carbonyl (C=O) groups excluding carboxylic acids is 2. The van der Waals surface area contributed by atoms with Gasteiger partial charge in [-0.05, 0) is 24.6 Å². The summed E-state index contributed by atoms with van der Waals surface area (Å²) in [5.74, 6) is 1.36. The molecule has 1 fully saturated rings. The van der Waals surface area contributed by atoms with Crippen LogP contribution in [0.2, 0.25) is 0 Å². The number of piperazine rings is 1. The highest BCUT2D eigenvalue weighted by Gasteiger charge is 2.24. The second kappa shape index (κ2) is 9.86. The first-order chi connectivity index (χ1) is 12.6. The third-order valence-electron chi connectivity index (χ3n) is 4.21. The van der Waals surface area contributed by atoms with Crippen molar-refractivity contribution in [3.63, 3.8) is 0 Å². The minimum Gasteiger partial charge on any atom is -0.493 e. The molecule has 8 heteroatoms. The summed E-state index contributed by atoms with van der Waals surface area (Å²) in [6.45, 7) is 4.98. The van der Waals surface area contributed by atoms with E-state index >= 15 is 0 Å². The number of nitrogens with zero attached hydrogens (tertiary/aromatic N) is 2. The number of hydrogen-bond acceptors (Lipinski definition) is 6. The Morgan fingerprint density at radius 1 is 1.04 bits per heavy atom. The van der Waals surface area contributed by atoms with E-state index in [0.717, 1.165) is 5.56 Å². The summed E-state index contributed by atoms with van der Waals surface area (Å²) in [6.07, 6.45) is -0.314. The third-order valence-corrected chi connectivity index (χ3v) is 4.21. The quantitative estimate of drug-likeness (QED) is 0.779. The maximum atomic E-state index is 12.3. The zero-order valence-electron chi connectivity index (χ0n) is 15.6. The average molecular weight is 365 g/mol. The Bertz CT molecular complexity index is 615. The highest BCUT2D eigenvalue weighted by Crippen LogP contribution is 2.27. The summed E-state index contributed by atoms with van der Waals surface area (Å²) >= 11 is 0. The van der Waals surface area contributed by atoms with E-state index in [-0.39, 0.29) is 18.5 Å². The Morgan fingerprint density at radius 2 is 1.69 bits per heavy atom. The molecule has 1 N–H and O–H groups in total. The van der Waals surface area contributed by atoms with E-state index in [4.69, 9.17) is 14.2 Å². The fraction of sp³-hybridized carbons (Fsp3) is 0.556. The maximum absolute atomic E-state index is 12.3. The molecule has 2 rings (SSSR count). The SMILES string of the molecule is CCOC(=O)N1CCN(C(=O)CNCc2ccc(OC)c(OC)c2)CC1. The van der Waals surface area contributed by atoms with Gasteiger partial charge in [-0.2, -0.15) is 0 Å². The highest BCUT2D eigenvalue weighted by atomic mass is 16.6. The molecule has 1 saturated heterocycles. The molecule has 0 aliphatic carbocycles. The van der Waals surface area contributed by atoms with Gasteiger partial charge in [-0.3, -0.25) is 4.79 Å². The molecular formula is C18H27N3O5. The van der Waals surface area contributed by atoms with Gasteiger partial charge < -0.3 is 29.3 Å². The molecule has 0 radical (unpaired) electrons. The van der Waals surface area contributed by atoms with E-state index in [1.54, 1.807) is 30.9 Å². The van der Waals surface area contributed by atoms with Crippen LogP contribution >= 0.6 is 0 Å². The number of carbonyl (C=O) groups is 2. The lowest BCUT2D eigenvalue weighted by molar-refractivity contribution is -0.131. The molecule has 0 atom stereocenters. The van der Waals surface area contributed by atoms with Gasteiger partial charge in [0.1, 0.15) is 0 Å². The molecule has 1 aromatic rings. The average Bonchev–Trinajstić information content (AvgIpc) is 2.68. The van der Waals surface area contributed by atoms with Crippen molar-refractivity contribution in [2.24, 2.45) is 0 Å². The lowest BCUT2D eigenvalue weighted by Gasteiger charge is -2.34. The number of rotatable bonds is 7. The van der Waals surface area contributed by atoms with Crippen LogP contribution < -0.4 is 14.8 Å². The van der Waals surface area contributed by atoms with Gasteiger partial charge in [-0.15, -0.1) is 0 Å². The fourth-order valence-corrected chi connectivity index (χ4v) is 2.77. The van der Waals surface area contributed by atoms with Gasteiger partial charge in [-0.1, -0.05) is 6.07 Å². The molecule has 0 bridgehead atoms. The predicted molar refractivity (Wildman–Crippen MR) is 96.4 cm³/mol. The molecule has 0 aromatic heterocycles. The van der Waals surface area contributed by atoms with Crippen LogP contribution in [-0.2, 0) is 16.1 Å². The maximum Gasteiger partial charge on any atom is 0.409 e. The van der Waals surface area contributed by atoms with Crippen LogP contribution in [0, 0.1) is 0 Å². The van der Waals surface area contributed by atoms with Crippen molar-refractivity contribution < 1.29 is 23.8 Å². The number of amides is 2. The van der Waals surface area contributed by atoms with Crippen molar-refractivity contribution in [3.05, 3.63) is 23.8 Å². The van der Waals surface area contributed by atoms with Crippen LogP contribution in [0.15, 0.2) is 18.2 Å². The van der Waals surface area contributed by atoms with Gasteiger partial charge in [0.25, 0.3) is 0 Å². The second-order valence-corrected chi connectivity index (χ2v) is 5.86. The lowest BCUT2D eigenvalue weighted by Crippen LogP contribution is -2.52. The molecule has 1 heterocycles. The van der Waals surface area contributed by atoms with E-state index in [9.17, 15) is 9.59 Å². The smallest absolute Gasteiger partial charge is 0.409 e. The van der Waals surface area contributed by atoms with Gasteiger partial charge in [0.2, 0.25) is 5.91 Å². The van der Waals surface area contributed by atoms with E-state index in [2.05, 4.69) is 5.32 Å². The molecule has 2 amide bonds. The summed E-state index contributed by atoms with van der Waals surface area (Å²) in [5, 5.41) is 3.15. The number of ether oxygens (including phenoxy) is 3. The molecule has 0 spiro atoms. The molecule has 1 aromatic carbocycles. The van der Waals surface area contributed by atoms with E-state index in [0.29, 0.717) is 50.8 Å². The fourth-order valence-electron chi connectivity index (χ4n) is 2.77. The molecule has 8 nitrogen and oxygen atoms in total. The Kier molecular flexibility index (Phi) is 7.53. The third kappa shape index (κ3) is 5.26. The van der Waals surface area contributed by atoms with Crippen molar-refractivity contribution in [2.75, 3.05) is 53.6 Å². The van der Waals surface area contributed by atoms with Crippen molar-refractivity contribution >= 4 is 12.0 Å². The van der Waals surface area contributed by atoms with Gasteiger partial charge >= 0.3 is 6.09 Å². The first kappa shape index (κ1) is 19.8. The highest BCUT2D eigenvalue weighted by molar-refractivity contribution is 5.78. The molecule has 1 aliphatic heterocycles. The second-order valence-electron chi connectivity index (χ2n) is 5.86. The Balaban J connectivity index is 1.75. The zero-order chi connectivity index (χ0) is 18.9. The molecule has 0 unspecified atom stereocenters. The molecule has 1 aliphatic rings. The number of hydrogen-bond donors (Lipinski definition) is 1. The topological polar surface area (TPSA) is 80.3 Å². The van der Waals surface area contributed by atoms with Crippen LogP contribution in [0.25, 0.3) is 0 Å². The Morgan fingerprint density at radius 3 is 2.31 bits per heavy atom. The van der Waals surface area contributed by atoms with Crippen LogP contribution in [0.3, 0.4) is 0 Å². The van der Waals surface area contributed by atoms with Gasteiger partial charge in [0.05, 0.1) is 27.4 Å². The standard InChI is InChI=1S/C18H27N3O5/c1-4-26-18(23)21-9-7-20(8-10-21)17(22)13-19-12-14-5-6-15(24-2)16(11-14)25-3/h5-6,11,19H,4,7-10,12-13H2,1-3H3. The Hall–Kier alpha value is -2.48. The lowest BCUT2D eigenvalue weighted by atomic mass is 10.2. The number of benzene rings is 1. The summed E-state index contributed by atoms with van der Waals surface area (Å²) in [5.41, 5.74) is 1.00. The first-order valence-corrected chi connectivity index (χ1v) is 8.70. The van der Waals surface area contributed by atoms with Crippen LogP contribution in [0.5, 0.6) is 11.5 Å². The van der Waals surface area contributed by atoms with Gasteiger partial charge in [-0.25, -0.2) is 4.79 Å². The van der Waals surface area contributed by atoms with E-state index in [1.165, 1.54) is 0 Å². The summed E-state index contributed by atoms with van der Waals surface area (Å²) in [4.78, 5) is 27.4. The molecular weight excluding hydrogens is 338 g/mol. The van der Waals surface area contributed by atoms with E-state index < -0.39 is 0 Å². The number of nitrogens with one attached hydrogen (secondary N) is 1. The normalized spacial score (nSPS) is 14.1. The summed E-state index contributed by atoms with van der Waals surface area (Å²) in [7, 11) is 3.19. The zero-order valence-corrected chi connectivity index (χ0v) is 15.6. The van der Waals surface area contributed by atoms with Gasteiger partial charge in [0.15, 0.2) is 11.5 Å². The van der Waals surface area contributed by atoms with Crippen molar-refractivity contribution in [2.45, 2.75) is 13.5 Å². The minimum absolute atomic E-state index is 0.0222. The van der Waals surface area contributed by atoms with Crippen molar-refractivity contribution in [1.29, 1.82) is 0 Å². The van der Waals surface area contributed by atoms with Crippen LogP contribution in [-0.4, -0.2) is 75.4 Å². The van der Waals surface area contributed by atoms with Crippen molar-refractivity contribution in [3.8, 4) is 11.5 Å². The number of methoxy groups -OCH3 is 2. The van der Waals surface area contributed by atoms with Crippen molar-refractivity contribution in [1.82, 2.24) is 15.1 Å². The summed E-state index contributed by atoms with van der Waals surface area (Å²) in [6, 6.07) is 5.65. The summed E-state index contributed by atoms with van der Waals surface area (Å²) < 4.78 is 15.5. The van der Waals surface area contributed by atoms with Crippen LogP contribution in [0.1, 0.15) is 12.5 Å². The first-order valence-electron chi connectivity index (χ1n) is 8.70. The molecule has 26 heavy (non-hydrogen) atoms. The molecule has 0 saturated carbocycles. The largest absolute Gasteiger partial charge is 0.493 e. The van der Waals surface area contributed by atoms with Crippen LogP contribution in [0.4, 0.5) is 4.79 Å². The van der Waals surface area contributed by atoms with Gasteiger partial charge in [0, 0.05) is 32.7 Å². The minimum atomic E-state index is -0.314. The Labute approximate surface area is 154 Å². The molecule has 144 valence electrons. The monoisotopic (exact) mass is 365 g/mol. The van der Waals surface area contributed by atoms with E-state index in [1.807, 2.05) is 18.2 Å².